The van der Waals surface area contributed by atoms with Crippen LogP contribution in [0.1, 0.15) is 34.1 Å². The summed E-state index contributed by atoms with van der Waals surface area (Å²) in [6.45, 7) is 1.76. The van der Waals surface area contributed by atoms with E-state index < -0.39 is 11.9 Å². The standard InChI is InChI=1S/C26H24N2O5/c1-3-33-26(31)23(17-24(29)20-13-15-22(32-2)16-14-20)27-28-25(30)21-11-9-19(10-12-21)18-7-5-4-6-8-18/h4-16H,3,17H2,1-2H3,(H,28,30)/b27-23-. The molecule has 0 fully saturated rings. The van der Waals surface area contributed by atoms with Gasteiger partial charge in [-0.05, 0) is 54.4 Å². The van der Waals surface area contributed by atoms with Crippen LogP contribution in [0.3, 0.4) is 0 Å². The number of Topliss-reactive ketones (excluding diaryl/α,β-unsaturated/α-hetero) is 1. The number of carbonyl (C=O) groups excluding carboxylic acids is 3. The first-order valence-electron chi connectivity index (χ1n) is 10.4. The predicted octanol–water partition coefficient (Wildman–Crippen LogP) is 4.28. The van der Waals surface area contributed by atoms with E-state index in [2.05, 4.69) is 10.5 Å². The maximum Gasteiger partial charge on any atom is 0.354 e. The fraction of sp³-hybridized carbons (Fsp3) is 0.154. The lowest BCUT2D eigenvalue weighted by molar-refractivity contribution is -0.135. The van der Waals surface area contributed by atoms with Crippen molar-refractivity contribution in [2.45, 2.75) is 13.3 Å². The molecule has 0 radical (unpaired) electrons. The first-order valence-corrected chi connectivity index (χ1v) is 10.4. The van der Waals surface area contributed by atoms with Crippen molar-refractivity contribution in [3.8, 4) is 16.9 Å². The van der Waals surface area contributed by atoms with E-state index in [4.69, 9.17) is 9.47 Å². The van der Waals surface area contributed by atoms with Crippen molar-refractivity contribution in [2.24, 2.45) is 5.10 Å². The number of rotatable bonds is 9. The van der Waals surface area contributed by atoms with Gasteiger partial charge in [0.15, 0.2) is 11.5 Å². The number of nitrogens with one attached hydrogen (secondary N) is 1. The third-order valence-electron chi connectivity index (χ3n) is 4.80. The summed E-state index contributed by atoms with van der Waals surface area (Å²) in [6, 6.07) is 23.2. The number of ether oxygens (including phenoxy) is 2. The van der Waals surface area contributed by atoms with E-state index in [9.17, 15) is 14.4 Å². The van der Waals surface area contributed by atoms with Crippen molar-refractivity contribution in [1.29, 1.82) is 0 Å². The first-order chi connectivity index (χ1) is 16.0. The molecule has 3 rings (SSSR count). The Kier molecular flexibility index (Phi) is 8.07. The van der Waals surface area contributed by atoms with Crippen LogP contribution in [0.4, 0.5) is 0 Å². The van der Waals surface area contributed by atoms with Gasteiger partial charge in [0.25, 0.3) is 5.91 Å². The first kappa shape index (κ1) is 23.4. The Morgan fingerprint density at radius 3 is 2.03 bits per heavy atom. The van der Waals surface area contributed by atoms with Crippen molar-refractivity contribution < 1.29 is 23.9 Å². The van der Waals surface area contributed by atoms with E-state index in [1.54, 1.807) is 43.3 Å². The third-order valence-corrected chi connectivity index (χ3v) is 4.80. The number of amides is 1. The summed E-state index contributed by atoms with van der Waals surface area (Å²) in [7, 11) is 1.53. The maximum atomic E-state index is 12.6. The molecule has 7 heteroatoms. The van der Waals surface area contributed by atoms with Gasteiger partial charge < -0.3 is 9.47 Å². The Morgan fingerprint density at radius 1 is 0.818 bits per heavy atom. The van der Waals surface area contributed by atoms with E-state index in [0.29, 0.717) is 16.9 Å². The van der Waals surface area contributed by atoms with Crippen LogP contribution < -0.4 is 10.2 Å². The minimum absolute atomic E-state index is 0.115. The zero-order chi connectivity index (χ0) is 23.6. The molecule has 0 aromatic heterocycles. The van der Waals surface area contributed by atoms with Crippen LogP contribution in [0.15, 0.2) is 84.0 Å². The largest absolute Gasteiger partial charge is 0.497 e. The third kappa shape index (κ3) is 6.36. The van der Waals surface area contributed by atoms with Gasteiger partial charge in [-0.1, -0.05) is 42.5 Å². The monoisotopic (exact) mass is 444 g/mol. The lowest BCUT2D eigenvalue weighted by Crippen LogP contribution is -2.26. The fourth-order valence-corrected chi connectivity index (χ4v) is 3.03. The number of ketones is 1. The molecule has 3 aromatic carbocycles. The van der Waals surface area contributed by atoms with Gasteiger partial charge in [0.2, 0.25) is 0 Å². The van der Waals surface area contributed by atoms with Gasteiger partial charge in [-0.3, -0.25) is 9.59 Å². The molecular weight excluding hydrogens is 420 g/mol. The van der Waals surface area contributed by atoms with Crippen molar-refractivity contribution >= 4 is 23.4 Å². The SMILES string of the molecule is CCOC(=O)/C(CC(=O)c1ccc(OC)cc1)=N\NC(=O)c1ccc(-c2ccccc2)cc1. The maximum absolute atomic E-state index is 12.6. The molecule has 1 N–H and O–H groups in total. The van der Waals surface area contributed by atoms with Crippen LogP contribution in [-0.2, 0) is 9.53 Å². The Balaban J connectivity index is 1.72. The number of methoxy groups -OCH3 is 1. The summed E-state index contributed by atoms with van der Waals surface area (Å²) >= 11 is 0. The smallest absolute Gasteiger partial charge is 0.354 e. The van der Waals surface area contributed by atoms with Crippen LogP contribution in [0, 0.1) is 0 Å². The molecule has 0 atom stereocenters. The van der Waals surface area contributed by atoms with Crippen molar-refractivity contribution in [1.82, 2.24) is 5.43 Å². The molecule has 0 unspecified atom stereocenters. The molecule has 0 heterocycles. The molecule has 7 nitrogen and oxygen atoms in total. The van der Waals surface area contributed by atoms with Crippen LogP contribution in [0.25, 0.3) is 11.1 Å². The highest BCUT2D eigenvalue weighted by atomic mass is 16.5. The van der Waals surface area contributed by atoms with Gasteiger partial charge in [-0.15, -0.1) is 0 Å². The topological polar surface area (TPSA) is 94.1 Å². The number of carbonyl (C=O) groups is 3. The van der Waals surface area contributed by atoms with E-state index in [1.165, 1.54) is 7.11 Å². The highest BCUT2D eigenvalue weighted by Crippen LogP contribution is 2.19. The van der Waals surface area contributed by atoms with Crippen LogP contribution in [-0.4, -0.2) is 37.1 Å². The second kappa shape index (κ2) is 11.4. The average molecular weight is 444 g/mol. The minimum Gasteiger partial charge on any atom is -0.497 e. The molecule has 0 spiro atoms. The minimum atomic E-state index is -0.765. The summed E-state index contributed by atoms with van der Waals surface area (Å²) in [5.74, 6) is -1.00. The van der Waals surface area contributed by atoms with Gasteiger partial charge in [0.05, 0.1) is 20.1 Å². The van der Waals surface area contributed by atoms with E-state index >= 15 is 0 Å². The summed E-state index contributed by atoms with van der Waals surface area (Å²) in [4.78, 5) is 37.4. The average Bonchev–Trinajstić information content (AvgIpc) is 2.87. The van der Waals surface area contributed by atoms with Crippen LogP contribution in [0.5, 0.6) is 5.75 Å². The lowest BCUT2D eigenvalue weighted by atomic mass is 10.0. The van der Waals surface area contributed by atoms with Crippen molar-refractivity contribution in [2.75, 3.05) is 13.7 Å². The summed E-state index contributed by atoms with van der Waals surface area (Å²) in [5.41, 5.74) is 4.91. The molecular formula is C26H24N2O5. The summed E-state index contributed by atoms with van der Waals surface area (Å²) in [5, 5.41) is 3.90. The van der Waals surface area contributed by atoms with E-state index in [0.717, 1.165) is 11.1 Å². The molecule has 168 valence electrons. The molecule has 33 heavy (non-hydrogen) atoms. The Morgan fingerprint density at radius 2 is 1.42 bits per heavy atom. The number of hydrogen-bond acceptors (Lipinski definition) is 6. The highest BCUT2D eigenvalue weighted by Gasteiger charge is 2.19. The van der Waals surface area contributed by atoms with Crippen molar-refractivity contribution in [3.63, 3.8) is 0 Å². The molecule has 0 aliphatic carbocycles. The zero-order valence-corrected chi connectivity index (χ0v) is 18.4. The predicted molar refractivity (Wildman–Crippen MR) is 125 cm³/mol. The quantitative estimate of drug-likeness (QED) is 0.230. The van der Waals surface area contributed by atoms with Crippen LogP contribution in [0.2, 0.25) is 0 Å². The van der Waals surface area contributed by atoms with Crippen LogP contribution >= 0.6 is 0 Å². The Bertz CT molecular complexity index is 1140. The second-order valence-corrected chi connectivity index (χ2v) is 6.99. The number of benzene rings is 3. The lowest BCUT2D eigenvalue weighted by Gasteiger charge is -2.08. The number of hydrazone groups is 1. The summed E-state index contributed by atoms with van der Waals surface area (Å²) < 4.78 is 10.1. The molecule has 0 saturated heterocycles. The Hall–Kier alpha value is -4.26. The normalized spacial score (nSPS) is 10.9. The second-order valence-electron chi connectivity index (χ2n) is 6.99. The van der Waals surface area contributed by atoms with Crippen molar-refractivity contribution in [3.05, 3.63) is 90.0 Å². The van der Waals surface area contributed by atoms with Gasteiger partial charge in [-0.2, -0.15) is 5.10 Å². The number of nitrogens with zero attached hydrogens (tertiary/aromatic N) is 1. The van der Waals surface area contributed by atoms with Gasteiger partial charge in [-0.25, -0.2) is 10.2 Å². The molecule has 0 saturated carbocycles. The number of esters is 1. The highest BCUT2D eigenvalue weighted by molar-refractivity contribution is 6.40. The Labute approximate surface area is 192 Å². The van der Waals surface area contributed by atoms with E-state index in [1.807, 2.05) is 42.5 Å². The van der Waals surface area contributed by atoms with Gasteiger partial charge in [0, 0.05) is 11.1 Å². The number of hydrogen-bond donors (Lipinski definition) is 1. The molecule has 0 aliphatic heterocycles. The zero-order valence-electron chi connectivity index (χ0n) is 18.4. The molecule has 0 bridgehead atoms. The summed E-state index contributed by atoms with van der Waals surface area (Å²) in [6.07, 6.45) is -0.321. The molecule has 1 amide bonds. The fourth-order valence-electron chi connectivity index (χ4n) is 3.03. The molecule has 3 aromatic rings. The molecule has 0 aliphatic rings. The van der Waals surface area contributed by atoms with Gasteiger partial charge in [0.1, 0.15) is 5.75 Å². The van der Waals surface area contributed by atoms with E-state index in [-0.39, 0.29) is 24.5 Å². The van der Waals surface area contributed by atoms with Gasteiger partial charge >= 0.3 is 5.97 Å².